The highest BCUT2D eigenvalue weighted by atomic mass is 16.5. The Morgan fingerprint density at radius 2 is 2.42 bits per heavy atom. The van der Waals surface area contributed by atoms with E-state index in [1.165, 1.54) is 17.1 Å². The molecule has 8 nitrogen and oxygen atoms in total. The van der Waals surface area contributed by atoms with E-state index in [2.05, 4.69) is 15.7 Å². The first kappa shape index (κ1) is 13.3. The number of hydrogen-bond donors (Lipinski definition) is 3. The van der Waals surface area contributed by atoms with Gasteiger partial charge in [0, 0.05) is 19.3 Å². The van der Waals surface area contributed by atoms with Crippen molar-refractivity contribution >= 4 is 17.6 Å². The molecule has 1 aromatic rings. The molecule has 4 N–H and O–H groups in total. The maximum Gasteiger partial charge on any atom is 0.319 e. The minimum absolute atomic E-state index is 0.0147. The summed E-state index contributed by atoms with van der Waals surface area (Å²) in [5.74, 6) is -0.488. The number of urea groups is 1. The smallest absolute Gasteiger partial charge is 0.319 e. The molecule has 2 heterocycles. The number of amides is 3. The van der Waals surface area contributed by atoms with Gasteiger partial charge in [0.15, 0.2) is 0 Å². The number of primary amides is 1. The van der Waals surface area contributed by atoms with Crippen LogP contribution in [0, 0.1) is 0 Å². The van der Waals surface area contributed by atoms with E-state index in [1.54, 1.807) is 0 Å². The van der Waals surface area contributed by atoms with E-state index in [1.807, 2.05) is 0 Å². The third-order valence-corrected chi connectivity index (χ3v) is 2.72. The van der Waals surface area contributed by atoms with Gasteiger partial charge in [0.25, 0.3) is 0 Å². The second-order valence-electron chi connectivity index (χ2n) is 4.36. The number of rotatable bonds is 5. The van der Waals surface area contributed by atoms with Gasteiger partial charge in [-0.1, -0.05) is 0 Å². The first-order valence-corrected chi connectivity index (χ1v) is 6.10. The number of nitrogens with zero attached hydrogens (tertiary/aromatic N) is 2. The molecule has 1 aliphatic rings. The largest absolute Gasteiger partial charge is 0.376 e. The summed E-state index contributed by atoms with van der Waals surface area (Å²) >= 11 is 0. The van der Waals surface area contributed by atoms with Gasteiger partial charge in [0.05, 0.1) is 18.0 Å². The second kappa shape index (κ2) is 6.19. The van der Waals surface area contributed by atoms with Gasteiger partial charge in [-0.3, -0.25) is 9.48 Å². The molecule has 2 rings (SSSR count). The molecule has 0 radical (unpaired) electrons. The van der Waals surface area contributed by atoms with Crippen LogP contribution in [0.2, 0.25) is 0 Å². The molecule has 1 aliphatic heterocycles. The fourth-order valence-corrected chi connectivity index (χ4v) is 1.86. The summed E-state index contributed by atoms with van der Waals surface area (Å²) in [6.45, 7) is 1.23. The average Bonchev–Trinajstić information content (AvgIpc) is 2.97. The molecule has 0 aliphatic carbocycles. The van der Waals surface area contributed by atoms with E-state index >= 15 is 0 Å². The molecule has 8 heteroatoms. The standard InChI is InChI=1S/C11H17N5O3/c12-10(17)7-16-6-8(4-14-16)15-11(18)13-5-9-2-1-3-19-9/h4,6,9H,1-3,5,7H2,(H2,12,17)(H2,13,15,18)/t9-/m0/s1. The molecule has 0 saturated carbocycles. The zero-order valence-corrected chi connectivity index (χ0v) is 10.5. The Balaban J connectivity index is 1.74. The molecule has 0 aromatic carbocycles. The number of nitrogens with two attached hydrogens (primary N) is 1. The van der Waals surface area contributed by atoms with E-state index in [4.69, 9.17) is 10.5 Å². The van der Waals surface area contributed by atoms with Crippen molar-refractivity contribution in [3.63, 3.8) is 0 Å². The molecule has 1 saturated heterocycles. The van der Waals surface area contributed by atoms with E-state index in [-0.39, 0.29) is 18.7 Å². The fourth-order valence-electron chi connectivity index (χ4n) is 1.86. The van der Waals surface area contributed by atoms with Crippen LogP contribution in [0.1, 0.15) is 12.8 Å². The Hall–Kier alpha value is -2.09. The van der Waals surface area contributed by atoms with Gasteiger partial charge in [-0.2, -0.15) is 5.10 Å². The maximum absolute atomic E-state index is 11.6. The van der Waals surface area contributed by atoms with Crippen LogP contribution in [0.25, 0.3) is 0 Å². The molecule has 1 fully saturated rings. The summed E-state index contributed by atoms with van der Waals surface area (Å²) in [5.41, 5.74) is 5.54. The Morgan fingerprint density at radius 1 is 1.58 bits per heavy atom. The molecule has 3 amide bonds. The summed E-state index contributed by atoms with van der Waals surface area (Å²) < 4.78 is 6.75. The topological polar surface area (TPSA) is 111 Å². The third-order valence-electron chi connectivity index (χ3n) is 2.72. The van der Waals surface area contributed by atoms with Crippen LogP contribution in [0.15, 0.2) is 12.4 Å². The first-order valence-electron chi connectivity index (χ1n) is 6.10. The lowest BCUT2D eigenvalue weighted by atomic mass is 10.2. The summed E-state index contributed by atoms with van der Waals surface area (Å²) in [6.07, 6.45) is 5.10. The lowest BCUT2D eigenvalue weighted by Crippen LogP contribution is -2.34. The molecule has 1 atom stereocenters. The van der Waals surface area contributed by atoms with E-state index < -0.39 is 5.91 Å². The van der Waals surface area contributed by atoms with Crippen LogP contribution in [0.3, 0.4) is 0 Å². The monoisotopic (exact) mass is 267 g/mol. The number of carbonyl (C=O) groups excluding carboxylic acids is 2. The van der Waals surface area contributed by atoms with Gasteiger partial charge in [0.1, 0.15) is 6.54 Å². The Labute approximate surface area is 110 Å². The summed E-state index contributed by atoms with van der Waals surface area (Å²) in [4.78, 5) is 22.3. The van der Waals surface area contributed by atoms with Crippen molar-refractivity contribution in [2.75, 3.05) is 18.5 Å². The molecular weight excluding hydrogens is 250 g/mol. The van der Waals surface area contributed by atoms with Crippen molar-refractivity contribution in [3.8, 4) is 0 Å². The Bertz CT molecular complexity index is 453. The molecule has 104 valence electrons. The van der Waals surface area contributed by atoms with Gasteiger partial charge < -0.3 is 21.1 Å². The van der Waals surface area contributed by atoms with Crippen molar-refractivity contribution in [1.29, 1.82) is 0 Å². The molecular formula is C11H17N5O3. The van der Waals surface area contributed by atoms with Crippen molar-refractivity contribution in [2.45, 2.75) is 25.5 Å². The number of ether oxygens (including phenoxy) is 1. The highest BCUT2D eigenvalue weighted by molar-refractivity contribution is 5.88. The number of aromatic nitrogens is 2. The highest BCUT2D eigenvalue weighted by Gasteiger charge is 2.16. The molecule has 1 aromatic heterocycles. The quantitative estimate of drug-likeness (QED) is 0.678. The summed E-state index contributed by atoms with van der Waals surface area (Å²) in [6, 6.07) is -0.325. The molecule has 0 bridgehead atoms. The van der Waals surface area contributed by atoms with Gasteiger partial charge in [0.2, 0.25) is 5.91 Å². The molecule has 19 heavy (non-hydrogen) atoms. The molecule has 0 unspecified atom stereocenters. The Morgan fingerprint density at radius 3 is 3.11 bits per heavy atom. The molecule has 0 spiro atoms. The van der Waals surface area contributed by atoms with Crippen LogP contribution in [-0.4, -0.2) is 41.0 Å². The number of hydrogen-bond acceptors (Lipinski definition) is 4. The van der Waals surface area contributed by atoms with Crippen LogP contribution in [0.4, 0.5) is 10.5 Å². The lowest BCUT2D eigenvalue weighted by molar-refractivity contribution is -0.118. The first-order chi connectivity index (χ1) is 9.13. The van der Waals surface area contributed by atoms with Crippen molar-refractivity contribution in [3.05, 3.63) is 12.4 Å². The highest BCUT2D eigenvalue weighted by Crippen LogP contribution is 2.10. The van der Waals surface area contributed by atoms with E-state index in [9.17, 15) is 9.59 Å². The Kier molecular flexibility index (Phi) is 4.35. The SMILES string of the molecule is NC(=O)Cn1cc(NC(=O)NC[C@@H]2CCCO2)cn1. The van der Waals surface area contributed by atoms with Crippen molar-refractivity contribution in [1.82, 2.24) is 15.1 Å². The van der Waals surface area contributed by atoms with Gasteiger partial charge in [-0.25, -0.2) is 4.79 Å². The van der Waals surface area contributed by atoms with Crippen LogP contribution in [-0.2, 0) is 16.1 Å². The number of carbonyl (C=O) groups is 2. The van der Waals surface area contributed by atoms with Crippen LogP contribution < -0.4 is 16.4 Å². The van der Waals surface area contributed by atoms with Crippen molar-refractivity contribution < 1.29 is 14.3 Å². The summed E-state index contributed by atoms with van der Waals surface area (Å²) in [5, 5.41) is 9.23. The predicted octanol–water partition coefficient (Wildman–Crippen LogP) is -0.331. The van der Waals surface area contributed by atoms with Gasteiger partial charge in [-0.15, -0.1) is 0 Å². The summed E-state index contributed by atoms with van der Waals surface area (Å²) in [7, 11) is 0. The maximum atomic E-state index is 11.6. The second-order valence-corrected chi connectivity index (χ2v) is 4.36. The third kappa shape index (κ3) is 4.25. The zero-order valence-electron chi connectivity index (χ0n) is 10.5. The van der Waals surface area contributed by atoms with Crippen LogP contribution in [0.5, 0.6) is 0 Å². The van der Waals surface area contributed by atoms with Crippen LogP contribution >= 0.6 is 0 Å². The zero-order chi connectivity index (χ0) is 13.7. The number of anilines is 1. The average molecular weight is 267 g/mol. The lowest BCUT2D eigenvalue weighted by Gasteiger charge is -2.10. The van der Waals surface area contributed by atoms with Crippen molar-refractivity contribution in [2.24, 2.45) is 5.73 Å². The van der Waals surface area contributed by atoms with Gasteiger partial charge in [-0.05, 0) is 12.8 Å². The number of nitrogens with one attached hydrogen (secondary N) is 2. The normalized spacial score (nSPS) is 18.2. The fraction of sp³-hybridized carbons (Fsp3) is 0.545. The minimum Gasteiger partial charge on any atom is -0.376 e. The predicted molar refractivity (Wildman–Crippen MR) is 67.4 cm³/mol. The van der Waals surface area contributed by atoms with Gasteiger partial charge >= 0.3 is 6.03 Å². The minimum atomic E-state index is -0.488. The van der Waals surface area contributed by atoms with E-state index in [0.29, 0.717) is 12.2 Å². The van der Waals surface area contributed by atoms with E-state index in [0.717, 1.165) is 19.4 Å².